The van der Waals surface area contributed by atoms with Gasteiger partial charge in [0.25, 0.3) is 0 Å². The van der Waals surface area contributed by atoms with Gasteiger partial charge in [0.05, 0.1) is 20.1 Å². The minimum Gasteiger partial charge on any atom is -0.469 e. The number of carbonyl (C=O) groups excluding carboxylic acids is 3. The van der Waals surface area contributed by atoms with Crippen molar-refractivity contribution in [1.82, 2.24) is 14.7 Å². The fourth-order valence-electron chi connectivity index (χ4n) is 2.06. The van der Waals surface area contributed by atoms with Gasteiger partial charge in [0.2, 0.25) is 11.8 Å². The molecule has 114 valence electrons. The Bertz CT molecular complexity index is 365. The van der Waals surface area contributed by atoms with Crippen molar-refractivity contribution in [3.8, 4) is 0 Å². The Balaban J connectivity index is 2.29. The van der Waals surface area contributed by atoms with E-state index in [2.05, 4.69) is 4.74 Å². The Labute approximate surface area is 119 Å². The van der Waals surface area contributed by atoms with Crippen LogP contribution in [0.2, 0.25) is 0 Å². The van der Waals surface area contributed by atoms with Gasteiger partial charge in [-0.25, -0.2) is 0 Å². The summed E-state index contributed by atoms with van der Waals surface area (Å²) >= 11 is 0. The number of likely N-dealkylation sites (N-methyl/N-ethyl adjacent to an activating group) is 1. The van der Waals surface area contributed by atoms with Crippen molar-refractivity contribution in [3.63, 3.8) is 0 Å². The zero-order valence-corrected chi connectivity index (χ0v) is 12.4. The van der Waals surface area contributed by atoms with E-state index in [4.69, 9.17) is 0 Å². The first-order valence-electron chi connectivity index (χ1n) is 6.72. The van der Waals surface area contributed by atoms with Gasteiger partial charge in [-0.2, -0.15) is 0 Å². The molecule has 0 bridgehead atoms. The smallest absolute Gasteiger partial charge is 0.306 e. The normalized spacial score (nSPS) is 15.4. The topological polar surface area (TPSA) is 70.2 Å². The number of methoxy groups -OCH3 is 1. The monoisotopic (exact) mass is 285 g/mol. The third-order valence-corrected chi connectivity index (χ3v) is 3.41. The highest BCUT2D eigenvalue weighted by molar-refractivity contribution is 5.79. The largest absolute Gasteiger partial charge is 0.469 e. The van der Waals surface area contributed by atoms with Crippen LogP contribution in [0.25, 0.3) is 0 Å². The van der Waals surface area contributed by atoms with Gasteiger partial charge in [-0.05, 0) is 7.05 Å². The summed E-state index contributed by atoms with van der Waals surface area (Å²) in [6.07, 6.45) is 0.276. The molecule has 1 saturated heterocycles. The Hall–Kier alpha value is -1.63. The zero-order chi connectivity index (χ0) is 15.1. The molecule has 0 N–H and O–H groups in total. The van der Waals surface area contributed by atoms with Crippen molar-refractivity contribution in [3.05, 3.63) is 0 Å². The lowest BCUT2D eigenvalue weighted by molar-refractivity contribution is -0.142. The predicted octanol–water partition coefficient (Wildman–Crippen LogP) is -0.828. The maximum atomic E-state index is 12.1. The quantitative estimate of drug-likeness (QED) is 0.617. The summed E-state index contributed by atoms with van der Waals surface area (Å²) in [5, 5.41) is 0. The number of ether oxygens (including phenoxy) is 1. The number of esters is 1. The minimum atomic E-state index is -0.278. The number of hydrogen-bond donors (Lipinski definition) is 0. The van der Waals surface area contributed by atoms with E-state index >= 15 is 0 Å². The first-order chi connectivity index (χ1) is 9.43. The van der Waals surface area contributed by atoms with Gasteiger partial charge in [-0.15, -0.1) is 0 Å². The summed E-state index contributed by atoms with van der Waals surface area (Å²) in [5.74, 6) is -0.202. The van der Waals surface area contributed by atoms with E-state index < -0.39 is 0 Å². The molecule has 1 rings (SSSR count). The van der Waals surface area contributed by atoms with Crippen LogP contribution in [-0.4, -0.2) is 85.9 Å². The van der Waals surface area contributed by atoms with E-state index in [1.165, 1.54) is 14.0 Å². The second-order valence-corrected chi connectivity index (χ2v) is 4.95. The number of piperazine rings is 1. The maximum absolute atomic E-state index is 12.1. The second-order valence-electron chi connectivity index (χ2n) is 4.95. The minimum absolute atomic E-state index is 0.0283. The third kappa shape index (κ3) is 5.16. The molecule has 0 aliphatic carbocycles. The molecular weight excluding hydrogens is 262 g/mol. The molecule has 0 atom stereocenters. The van der Waals surface area contributed by atoms with Crippen molar-refractivity contribution in [2.24, 2.45) is 0 Å². The first kappa shape index (κ1) is 16.4. The molecule has 0 spiro atoms. The van der Waals surface area contributed by atoms with Gasteiger partial charge in [-0.1, -0.05) is 0 Å². The van der Waals surface area contributed by atoms with Crippen LogP contribution in [-0.2, 0) is 19.1 Å². The standard InChI is InChI=1S/C13H23N3O4/c1-11(17)15-6-8-16(9-7-15)12(18)10-14(2)5-4-13(19)20-3/h4-10H2,1-3H3. The number of carbonyl (C=O) groups is 3. The molecule has 20 heavy (non-hydrogen) atoms. The van der Waals surface area contributed by atoms with E-state index in [1.54, 1.807) is 21.7 Å². The molecule has 0 radical (unpaired) electrons. The van der Waals surface area contributed by atoms with Crippen LogP contribution < -0.4 is 0 Å². The van der Waals surface area contributed by atoms with Crippen molar-refractivity contribution in [1.29, 1.82) is 0 Å². The molecule has 0 unspecified atom stereocenters. The molecule has 1 aliphatic heterocycles. The molecule has 1 heterocycles. The first-order valence-corrected chi connectivity index (χ1v) is 6.72. The van der Waals surface area contributed by atoms with Crippen LogP contribution in [0.5, 0.6) is 0 Å². The van der Waals surface area contributed by atoms with Crippen molar-refractivity contribution < 1.29 is 19.1 Å². The van der Waals surface area contributed by atoms with Crippen LogP contribution in [0.3, 0.4) is 0 Å². The van der Waals surface area contributed by atoms with Gasteiger partial charge in [-0.3, -0.25) is 19.3 Å². The molecule has 2 amide bonds. The van der Waals surface area contributed by atoms with E-state index in [0.717, 1.165) is 0 Å². The Kier molecular flexibility index (Phi) is 6.44. The van der Waals surface area contributed by atoms with Crippen molar-refractivity contribution in [2.75, 3.05) is 53.4 Å². The van der Waals surface area contributed by atoms with Crippen LogP contribution in [0.1, 0.15) is 13.3 Å². The Morgan fingerprint density at radius 1 is 1.10 bits per heavy atom. The molecule has 7 heteroatoms. The van der Waals surface area contributed by atoms with Gasteiger partial charge in [0.15, 0.2) is 0 Å². The average molecular weight is 285 g/mol. The average Bonchev–Trinajstić information content (AvgIpc) is 2.44. The summed E-state index contributed by atoms with van der Waals surface area (Å²) < 4.78 is 4.56. The molecular formula is C13H23N3O4. The van der Waals surface area contributed by atoms with Gasteiger partial charge in [0.1, 0.15) is 0 Å². The molecule has 0 aromatic carbocycles. The van der Waals surface area contributed by atoms with E-state index in [1.807, 2.05) is 0 Å². The third-order valence-electron chi connectivity index (χ3n) is 3.41. The molecule has 1 aliphatic rings. The van der Waals surface area contributed by atoms with Gasteiger partial charge in [0, 0.05) is 39.6 Å². The lowest BCUT2D eigenvalue weighted by Gasteiger charge is -2.35. The number of hydrogen-bond acceptors (Lipinski definition) is 5. The summed E-state index contributed by atoms with van der Waals surface area (Å²) in [5.41, 5.74) is 0. The SMILES string of the molecule is COC(=O)CCN(C)CC(=O)N1CCN(C(C)=O)CC1. The fourth-order valence-corrected chi connectivity index (χ4v) is 2.06. The lowest BCUT2D eigenvalue weighted by Crippen LogP contribution is -2.52. The summed E-state index contributed by atoms with van der Waals surface area (Å²) in [7, 11) is 3.15. The maximum Gasteiger partial charge on any atom is 0.306 e. The lowest BCUT2D eigenvalue weighted by atomic mass is 10.3. The van der Waals surface area contributed by atoms with Crippen LogP contribution in [0, 0.1) is 0 Å². The number of rotatable bonds is 5. The fraction of sp³-hybridized carbons (Fsp3) is 0.769. The van der Waals surface area contributed by atoms with Crippen LogP contribution in [0.15, 0.2) is 0 Å². The highest BCUT2D eigenvalue weighted by Crippen LogP contribution is 2.03. The predicted molar refractivity (Wildman–Crippen MR) is 73.0 cm³/mol. The number of nitrogens with zero attached hydrogens (tertiary/aromatic N) is 3. The van der Waals surface area contributed by atoms with Crippen molar-refractivity contribution in [2.45, 2.75) is 13.3 Å². The summed E-state index contributed by atoms with van der Waals surface area (Å²) in [6.45, 7) is 4.63. The second kappa shape index (κ2) is 7.84. The Morgan fingerprint density at radius 2 is 1.65 bits per heavy atom. The number of amides is 2. The molecule has 0 aromatic heterocycles. The van der Waals surface area contributed by atoms with E-state index in [-0.39, 0.29) is 30.7 Å². The van der Waals surface area contributed by atoms with Crippen LogP contribution >= 0.6 is 0 Å². The highest BCUT2D eigenvalue weighted by Gasteiger charge is 2.22. The summed E-state index contributed by atoms with van der Waals surface area (Å²) in [4.78, 5) is 39.6. The van der Waals surface area contributed by atoms with Gasteiger partial charge >= 0.3 is 5.97 Å². The Morgan fingerprint density at radius 3 is 2.15 bits per heavy atom. The van der Waals surface area contributed by atoms with Crippen molar-refractivity contribution >= 4 is 17.8 Å². The zero-order valence-electron chi connectivity index (χ0n) is 12.4. The molecule has 1 fully saturated rings. The molecule has 7 nitrogen and oxygen atoms in total. The van der Waals surface area contributed by atoms with Crippen LogP contribution in [0.4, 0.5) is 0 Å². The molecule has 0 aromatic rings. The highest BCUT2D eigenvalue weighted by atomic mass is 16.5. The molecule has 0 saturated carbocycles. The van der Waals surface area contributed by atoms with E-state index in [9.17, 15) is 14.4 Å². The summed E-state index contributed by atoms with van der Waals surface area (Å²) in [6, 6.07) is 0. The van der Waals surface area contributed by atoms with Gasteiger partial charge < -0.3 is 14.5 Å². The van der Waals surface area contributed by atoms with E-state index in [0.29, 0.717) is 32.7 Å².